The molecule has 0 aromatic heterocycles. The van der Waals surface area contributed by atoms with Crippen molar-refractivity contribution in [1.29, 1.82) is 0 Å². The fourth-order valence-electron chi connectivity index (χ4n) is 3.15. The second-order valence-corrected chi connectivity index (χ2v) is 7.89. The Labute approximate surface area is 153 Å². The quantitative estimate of drug-likeness (QED) is 0.587. The summed E-state index contributed by atoms with van der Waals surface area (Å²) in [6, 6.07) is 16.0. The molecule has 0 radical (unpaired) electrons. The van der Waals surface area contributed by atoms with Gasteiger partial charge < -0.3 is 4.74 Å². The number of hydrogen-bond donors (Lipinski definition) is 0. The van der Waals surface area contributed by atoms with Crippen molar-refractivity contribution in [3.63, 3.8) is 0 Å². The van der Waals surface area contributed by atoms with Crippen LogP contribution in [0.3, 0.4) is 0 Å². The van der Waals surface area contributed by atoms with Crippen molar-refractivity contribution < 1.29 is 9.53 Å². The molecule has 1 fully saturated rings. The number of hydrogen-bond acceptors (Lipinski definition) is 2. The Morgan fingerprint density at radius 2 is 1.09 bits per heavy atom. The number of Topliss-reactive ketones (excluding diaryl/α,β-unsaturated/α-hetero) is 1. The Morgan fingerprint density at radius 1 is 0.739 bits per heavy atom. The van der Waals surface area contributed by atoms with Crippen LogP contribution in [0.4, 0.5) is 0 Å². The van der Waals surface area contributed by atoms with Crippen LogP contribution in [-0.4, -0.2) is 5.78 Å². The molecule has 2 aromatic rings. The Hall–Kier alpha value is -0.970. The summed E-state index contributed by atoms with van der Waals surface area (Å²) in [5, 5.41) is 0. The molecule has 1 aliphatic rings. The van der Waals surface area contributed by atoms with Gasteiger partial charge in [0.1, 0.15) is 5.78 Å². The number of ketones is 1. The maximum atomic E-state index is 12.7. The van der Waals surface area contributed by atoms with E-state index in [9.17, 15) is 4.79 Å². The minimum atomic E-state index is -0.208. The molecular formula is C19H18Br2O2. The van der Waals surface area contributed by atoms with Crippen LogP contribution < -0.4 is 0 Å². The minimum Gasteiger partial charge on any atom is -0.364 e. The monoisotopic (exact) mass is 436 g/mol. The van der Waals surface area contributed by atoms with Crippen molar-refractivity contribution in [2.45, 2.75) is 26.1 Å². The zero-order valence-corrected chi connectivity index (χ0v) is 16.2. The lowest BCUT2D eigenvalue weighted by Crippen LogP contribution is -2.37. The lowest BCUT2D eigenvalue weighted by molar-refractivity contribution is -0.157. The molecule has 1 aliphatic heterocycles. The van der Waals surface area contributed by atoms with Crippen LogP contribution in [0.25, 0.3) is 0 Å². The third-order valence-electron chi connectivity index (χ3n) is 4.50. The highest BCUT2D eigenvalue weighted by Crippen LogP contribution is 2.43. The van der Waals surface area contributed by atoms with E-state index in [2.05, 4.69) is 31.9 Å². The first-order chi connectivity index (χ1) is 11.0. The van der Waals surface area contributed by atoms with E-state index in [0.717, 1.165) is 20.1 Å². The number of carbonyl (C=O) groups excluding carboxylic acids is 1. The second kappa shape index (κ2) is 6.88. The molecule has 1 heterocycles. The number of halogens is 2. The van der Waals surface area contributed by atoms with Gasteiger partial charge in [-0.25, -0.2) is 0 Å². The molecule has 0 bridgehead atoms. The summed E-state index contributed by atoms with van der Waals surface area (Å²) in [6.45, 7) is 3.92. The van der Waals surface area contributed by atoms with Crippen LogP contribution in [0.15, 0.2) is 57.5 Å². The molecule has 0 saturated carbocycles. The molecular weight excluding hydrogens is 420 g/mol. The van der Waals surface area contributed by atoms with Crippen LogP contribution in [0, 0.1) is 11.8 Å². The van der Waals surface area contributed by atoms with E-state index in [4.69, 9.17) is 4.74 Å². The highest BCUT2D eigenvalue weighted by atomic mass is 79.9. The van der Waals surface area contributed by atoms with Gasteiger partial charge in [0.2, 0.25) is 0 Å². The SMILES string of the molecule is C[C@@H]1C(=O)[C@H](C)[C@@H](c2ccc(Br)cc2)O[C@H]1c1ccc(Br)cc1. The van der Waals surface area contributed by atoms with Gasteiger partial charge in [0, 0.05) is 20.8 Å². The number of benzene rings is 2. The van der Waals surface area contributed by atoms with E-state index in [1.807, 2.05) is 62.4 Å². The average molecular weight is 438 g/mol. The van der Waals surface area contributed by atoms with Crippen molar-refractivity contribution >= 4 is 37.6 Å². The van der Waals surface area contributed by atoms with Crippen LogP contribution in [0.2, 0.25) is 0 Å². The highest BCUT2D eigenvalue weighted by molar-refractivity contribution is 9.10. The first kappa shape index (κ1) is 16.9. The van der Waals surface area contributed by atoms with Gasteiger partial charge in [0.25, 0.3) is 0 Å². The van der Waals surface area contributed by atoms with Gasteiger partial charge in [0.15, 0.2) is 0 Å². The smallest absolute Gasteiger partial charge is 0.144 e. The van der Waals surface area contributed by atoms with Crippen molar-refractivity contribution in [2.24, 2.45) is 11.8 Å². The Kier molecular flexibility index (Phi) is 5.04. The number of rotatable bonds is 2. The van der Waals surface area contributed by atoms with Crippen LogP contribution in [0.5, 0.6) is 0 Å². The van der Waals surface area contributed by atoms with E-state index in [1.165, 1.54) is 0 Å². The molecule has 4 atom stereocenters. The van der Waals surface area contributed by atoms with E-state index < -0.39 is 0 Å². The highest BCUT2D eigenvalue weighted by Gasteiger charge is 2.41. The lowest BCUT2D eigenvalue weighted by Gasteiger charge is -2.38. The molecule has 0 spiro atoms. The van der Waals surface area contributed by atoms with E-state index in [0.29, 0.717) is 0 Å². The second-order valence-electron chi connectivity index (χ2n) is 6.06. The maximum absolute atomic E-state index is 12.7. The summed E-state index contributed by atoms with van der Waals surface area (Å²) in [7, 11) is 0. The summed E-state index contributed by atoms with van der Waals surface area (Å²) in [5.74, 6) is -0.0205. The molecule has 120 valence electrons. The lowest BCUT2D eigenvalue weighted by atomic mass is 9.80. The molecule has 0 amide bonds. The molecule has 23 heavy (non-hydrogen) atoms. The molecule has 4 heteroatoms. The van der Waals surface area contributed by atoms with Gasteiger partial charge in [-0.3, -0.25) is 4.79 Å². The van der Waals surface area contributed by atoms with Gasteiger partial charge >= 0.3 is 0 Å². The summed E-state index contributed by atoms with van der Waals surface area (Å²) < 4.78 is 8.43. The molecule has 2 nitrogen and oxygen atoms in total. The fraction of sp³-hybridized carbons (Fsp3) is 0.316. The third kappa shape index (κ3) is 3.44. The number of carbonyl (C=O) groups is 1. The molecule has 0 unspecified atom stereocenters. The maximum Gasteiger partial charge on any atom is 0.144 e. The Morgan fingerprint density at radius 3 is 1.43 bits per heavy atom. The zero-order valence-electron chi connectivity index (χ0n) is 13.0. The fourth-order valence-corrected chi connectivity index (χ4v) is 3.67. The van der Waals surface area contributed by atoms with Gasteiger partial charge in [-0.15, -0.1) is 0 Å². The van der Waals surface area contributed by atoms with E-state index >= 15 is 0 Å². The van der Waals surface area contributed by atoms with Gasteiger partial charge in [-0.2, -0.15) is 0 Å². The third-order valence-corrected chi connectivity index (χ3v) is 5.55. The largest absolute Gasteiger partial charge is 0.364 e. The topological polar surface area (TPSA) is 26.3 Å². The van der Waals surface area contributed by atoms with E-state index in [1.54, 1.807) is 0 Å². The predicted octanol–water partition coefficient (Wildman–Crippen LogP) is 5.87. The molecule has 1 saturated heterocycles. The zero-order chi connectivity index (χ0) is 16.6. The normalized spacial score (nSPS) is 27.9. The summed E-state index contributed by atoms with van der Waals surface area (Å²) >= 11 is 6.90. The van der Waals surface area contributed by atoms with Crippen LogP contribution >= 0.6 is 31.9 Å². The first-order valence-corrected chi connectivity index (χ1v) is 9.26. The van der Waals surface area contributed by atoms with Gasteiger partial charge in [0.05, 0.1) is 12.2 Å². The minimum absolute atomic E-state index is 0.141. The number of ether oxygens (including phenoxy) is 1. The standard InChI is InChI=1S/C19H18Br2O2/c1-11-17(22)12(2)19(14-5-9-16(21)10-6-14)23-18(11)13-3-7-15(20)8-4-13/h3-12,18-19H,1-2H3/t11-,12+,18-,19+. The van der Waals surface area contributed by atoms with Crippen molar-refractivity contribution in [1.82, 2.24) is 0 Å². The van der Waals surface area contributed by atoms with Gasteiger partial charge in [-0.05, 0) is 35.4 Å². The molecule has 0 aliphatic carbocycles. The van der Waals surface area contributed by atoms with Crippen molar-refractivity contribution in [3.05, 3.63) is 68.6 Å². The summed E-state index contributed by atoms with van der Waals surface area (Å²) in [5.41, 5.74) is 2.09. The molecule has 2 aromatic carbocycles. The average Bonchev–Trinajstić information content (AvgIpc) is 2.55. The molecule has 0 N–H and O–H groups in total. The van der Waals surface area contributed by atoms with Crippen LogP contribution in [0.1, 0.15) is 37.2 Å². The van der Waals surface area contributed by atoms with Crippen molar-refractivity contribution in [3.8, 4) is 0 Å². The summed E-state index contributed by atoms with van der Waals surface area (Å²) in [4.78, 5) is 12.7. The predicted molar refractivity (Wildman–Crippen MR) is 98.2 cm³/mol. The van der Waals surface area contributed by atoms with Gasteiger partial charge in [-0.1, -0.05) is 70.0 Å². The first-order valence-electron chi connectivity index (χ1n) is 7.67. The van der Waals surface area contributed by atoms with Crippen molar-refractivity contribution in [2.75, 3.05) is 0 Å². The van der Waals surface area contributed by atoms with Crippen LogP contribution in [-0.2, 0) is 9.53 Å². The molecule has 3 rings (SSSR count). The summed E-state index contributed by atoms with van der Waals surface area (Å²) in [6.07, 6.45) is -0.416. The Bertz CT molecular complexity index is 635. The van der Waals surface area contributed by atoms with E-state index in [-0.39, 0.29) is 29.8 Å². The Balaban J connectivity index is 1.94.